The fraction of sp³-hybridized carbons (Fsp3) is 0.182. The van der Waals surface area contributed by atoms with Crippen molar-refractivity contribution in [3.63, 3.8) is 0 Å². The summed E-state index contributed by atoms with van der Waals surface area (Å²) in [6, 6.07) is 4.84. The molecule has 0 aliphatic heterocycles. The zero-order valence-corrected chi connectivity index (χ0v) is 8.63. The molecule has 1 aromatic carbocycles. The van der Waals surface area contributed by atoms with Gasteiger partial charge in [-0.25, -0.2) is 4.39 Å². The molecule has 1 aromatic heterocycles. The van der Waals surface area contributed by atoms with Crippen molar-refractivity contribution in [3.8, 4) is 11.3 Å². The van der Waals surface area contributed by atoms with E-state index in [0.717, 1.165) is 22.4 Å². The summed E-state index contributed by atoms with van der Waals surface area (Å²) in [5, 5.41) is 6.68. The number of hydrogen-bond acceptors (Lipinski definition) is 2. The molecule has 0 fully saturated rings. The van der Waals surface area contributed by atoms with Crippen molar-refractivity contribution in [1.29, 1.82) is 0 Å². The van der Waals surface area contributed by atoms with Crippen LogP contribution in [0.15, 0.2) is 18.2 Å². The van der Waals surface area contributed by atoms with Crippen LogP contribution in [0.3, 0.4) is 0 Å². The molecule has 0 atom stereocenters. The van der Waals surface area contributed by atoms with E-state index >= 15 is 0 Å². The summed E-state index contributed by atoms with van der Waals surface area (Å²) in [5.74, 6) is 0.199. The lowest BCUT2D eigenvalue weighted by Gasteiger charge is -2.02. The Labute approximate surface area is 87.1 Å². The lowest BCUT2D eigenvalue weighted by molar-refractivity contribution is 0.627. The van der Waals surface area contributed by atoms with Crippen LogP contribution in [0.2, 0.25) is 0 Å². The molecule has 0 aliphatic rings. The third kappa shape index (κ3) is 1.70. The molecule has 3 N–H and O–H groups in total. The Morgan fingerprint density at radius 1 is 1.27 bits per heavy atom. The van der Waals surface area contributed by atoms with E-state index in [1.54, 1.807) is 0 Å². The molecule has 0 amide bonds. The number of benzene rings is 1. The molecule has 4 heteroatoms. The molecule has 0 bridgehead atoms. The molecule has 2 rings (SSSR count). The van der Waals surface area contributed by atoms with Gasteiger partial charge in [0.05, 0.1) is 5.69 Å². The van der Waals surface area contributed by atoms with Gasteiger partial charge in [-0.1, -0.05) is 0 Å². The Hall–Kier alpha value is -1.84. The molecule has 0 spiro atoms. The van der Waals surface area contributed by atoms with Gasteiger partial charge in [0.1, 0.15) is 11.6 Å². The van der Waals surface area contributed by atoms with Crippen LogP contribution in [-0.4, -0.2) is 10.2 Å². The highest BCUT2D eigenvalue weighted by molar-refractivity contribution is 5.68. The van der Waals surface area contributed by atoms with Gasteiger partial charge in [-0.05, 0) is 37.6 Å². The molecule has 0 radical (unpaired) electrons. The average Bonchev–Trinajstić information content (AvgIpc) is 2.46. The molecule has 3 nitrogen and oxygen atoms in total. The summed E-state index contributed by atoms with van der Waals surface area (Å²) in [4.78, 5) is 0. The highest BCUT2D eigenvalue weighted by atomic mass is 19.1. The predicted octanol–water partition coefficient (Wildman–Crippen LogP) is 2.41. The summed E-state index contributed by atoms with van der Waals surface area (Å²) in [6.07, 6.45) is 0. The molecule has 0 unspecified atom stereocenters. The topological polar surface area (TPSA) is 54.7 Å². The third-order valence-corrected chi connectivity index (χ3v) is 2.38. The monoisotopic (exact) mass is 205 g/mol. The van der Waals surface area contributed by atoms with E-state index in [2.05, 4.69) is 10.2 Å². The zero-order chi connectivity index (χ0) is 11.0. The van der Waals surface area contributed by atoms with Gasteiger partial charge in [-0.15, -0.1) is 0 Å². The van der Waals surface area contributed by atoms with Gasteiger partial charge >= 0.3 is 0 Å². The summed E-state index contributed by atoms with van der Waals surface area (Å²) in [6.45, 7) is 3.70. The molecule has 1 heterocycles. The molecule has 2 aromatic rings. The van der Waals surface area contributed by atoms with Crippen LogP contribution in [0, 0.1) is 19.7 Å². The van der Waals surface area contributed by atoms with Gasteiger partial charge in [-0.3, -0.25) is 5.10 Å². The van der Waals surface area contributed by atoms with Crippen molar-refractivity contribution in [3.05, 3.63) is 35.1 Å². The van der Waals surface area contributed by atoms with Crippen LogP contribution in [0.4, 0.5) is 10.2 Å². The van der Waals surface area contributed by atoms with Gasteiger partial charge in [0.15, 0.2) is 0 Å². The van der Waals surface area contributed by atoms with Crippen LogP contribution in [0.25, 0.3) is 11.3 Å². The Morgan fingerprint density at radius 3 is 2.53 bits per heavy atom. The Balaban J connectivity index is 2.58. The van der Waals surface area contributed by atoms with Gasteiger partial charge in [0.25, 0.3) is 0 Å². The van der Waals surface area contributed by atoms with Crippen LogP contribution in [-0.2, 0) is 0 Å². The van der Waals surface area contributed by atoms with Crippen molar-refractivity contribution in [2.45, 2.75) is 13.8 Å². The number of nitrogens with two attached hydrogens (primary N) is 1. The number of hydrogen-bond donors (Lipinski definition) is 2. The lowest BCUT2D eigenvalue weighted by Crippen LogP contribution is -1.87. The summed E-state index contributed by atoms with van der Waals surface area (Å²) in [5.41, 5.74) is 8.88. The van der Waals surface area contributed by atoms with E-state index in [4.69, 9.17) is 5.73 Å². The number of nitrogens with zero attached hydrogens (tertiary/aromatic N) is 1. The van der Waals surface area contributed by atoms with Crippen LogP contribution in [0.1, 0.15) is 11.1 Å². The smallest absolute Gasteiger partial charge is 0.148 e. The number of aryl methyl sites for hydroxylation is 1. The number of aromatic amines is 1. The average molecular weight is 205 g/mol. The first-order valence-electron chi connectivity index (χ1n) is 4.66. The lowest BCUT2D eigenvalue weighted by atomic mass is 10.1. The zero-order valence-electron chi connectivity index (χ0n) is 8.63. The van der Waals surface area contributed by atoms with Crippen molar-refractivity contribution >= 4 is 5.82 Å². The molecule has 0 saturated heterocycles. The van der Waals surface area contributed by atoms with E-state index in [1.807, 2.05) is 19.9 Å². The van der Waals surface area contributed by atoms with Gasteiger partial charge in [0, 0.05) is 11.1 Å². The highest BCUT2D eigenvalue weighted by Gasteiger charge is 2.09. The third-order valence-electron chi connectivity index (χ3n) is 2.38. The standard InChI is InChI=1S/C11H12FN3/c1-6-3-8(5-9(12)4-6)10-7(2)11(13)15-14-10/h3-5H,1-2H3,(H3,13,14,15). The Kier molecular flexibility index (Phi) is 2.19. The fourth-order valence-corrected chi connectivity index (χ4v) is 1.57. The first kappa shape index (κ1) is 9.71. The van der Waals surface area contributed by atoms with Gasteiger partial charge in [0.2, 0.25) is 0 Å². The van der Waals surface area contributed by atoms with E-state index in [0.29, 0.717) is 5.82 Å². The minimum Gasteiger partial charge on any atom is -0.382 e. The maximum absolute atomic E-state index is 13.2. The molecule has 15 heavy (non-hydrogen) atoms. The summed E-state index contributed by atoms with van der Waals surface area (Å²) >= 11 is 0. The van der Waals surface area contributed by atoms with Crippen molar-refractivity contribution in [2.75, 3.05) is 5.73 Å². The first-order valence-corrected chi connectivity index (χ1v) is 4.66. The normalized spacial score (nSPS) is 10.6. The quantitative estimate of drug-likeness (QED) is 0.751. The van der Waals surface area contributed by atoms with Crippen molar-refractivity contribution < 1.29 is 4.39 Å². The SMILES string of the molecule is Cc1cc(F)cc(-c2[nH]nc(N)c2C)c1. The van der Waals surface area contributed by atoms with E-state index in [1.165, 1.54) is 12.1 Å². The predicted molar refractivity (Wildman–Crippen MR) is 57.9 cm³/mol. The molecule has 78 valence electrons. The van der Waals surface area contributed by atoms with Crippen LogP contribution >= 0.6 is 0 Å². The number of halogens is 1. The second-order valence-electron chi connectivity index (χ2n) is 3.63. The highest BCUT2D eigenvalue weighted by Crippen LogP contribution is 2.25. The number of H-pyrrole nitrogens is 1. The van der Waals surface area contributed by atoms with Crippen molar-refractivity contribution in [1.82, 2.24) is 10.2 Å². The fourth-order valence-electron chi connectivity index (χ4n) is 1.57. The molecule has 0 saturated carbocycles. The maximum atomic E-state index is 13.2. The second-order valence-corrected chi connectivity index (χ2v) is 3.63. The number of nitrogen functional groups attached to an aromatic ring is 1. The summed E-state index contributed by atoms with van der Waals surface area (Å²) in [7, 11) is 0. The second kappa shape index (κ2) is 3.38. The van der Waals surface area contributed by atoms with Crippen LogP contribution in [0.5, 0.6) is 0 Å². The van der Waals surface area contributed by atoms with Gasteiger partial charge < -0.3 is 5.73 Å². The van der Waals surface area contributed by atoms with Crippen molar-refractivity contribution in [2.24, 2.45) is 0 Å². The largest absolute Gasteiger partial charge is 0.382 e. The number of nitrogens with one attached hydrogen (secondary N) is 1. The number of aromatic nitrogens is 2. The minimum atomic E-state index is -0.252. The van der Waals surface area contributed by atoms with E-state index < -0.39 is 0 Å². The van der Waals surface area contributed by atoms with E-state index in [9.17, 15) is 4.39 Å². The Morgan fingerprint density at radius 2 is 2.00 bits per heavy atom. The first-order chi connectivity index (χ1) is 7.08. The number of anilines is 1. The summed E-state index contributed by atoms with van der Waals surface area (Å²) < 4.78 is 13.2. The molecule has 0 aliphatic carbocycles. The number of rotatable bonds is 1. The Bertz CT molecular complexity index is 482. The maximum Gasteiger partial charge on any atom is 0.148 e. The van der Waals surface area contributed by atoms with Crippen LogP contribution < -0.4 is 5.73 Å². The molecular formula is C11H12FN3. The minimum absolute atomic E-state index is 0.252. The van der Waals surface area contributed by atoms with E-state index in [-0.39, 0.29) is 5.82 Å². The van der Waals surface area contributed by atoms with Gasteiger partial charge in [-0.2, -0.15) is 5.10 Å². The molecular weight excluding hydrogens is 193 g/mol.